The maximum Gasteiger partial charge on any atom is 0.179 e. The van der Waals surface area contributed by atoms with Crippen molar-refractivity contribution < 1.29 is 9.02 Å². The number of tetrazole rings is 1. The van der Waals surface area contributed by atoms with Crippen molar-refractivity contribution in [1.82, 2.24) is 30.5 Å². The van der Waals surface area contributed by atoms with Gasteiger partial charge in [-0.05, 0) is 34.1 Å². The van der Waals surface area contributed by atoms with Crippen LogP contribution in [0.15, 0.2) is 53.2 Å². The molecule has 0 unspecified atom stereocenters. The fourth-order valence-corrected chi connectivity index (χ4v) is 2.78. The number of hydrogen-bond acceptors (Lipinski definition) is 7. The van der Waals surface area contributed by atoms with Gasteiger partial charge in [0.05, 0.1) is 5.02 Å². The molecule has 0 saturated heterocycles. The zero-order valence-electron chi connectivity index (χ0n) is 14.9. The van der Waals surface area contributed by atoms with Crippen LogP contribution in [-0.4, -0.2) is 36.4 Å². The highest BCUT2D eigenvalue weighted by Crippen LogP contribution is 2.20. The van der Waals surface area contributed by atoms with E-state index in [1.54, 1.807) is 0 Å². The summed E-state index contributed by atoms with van der Waals surface area (Å²) < 4.78 is 18.0. The van der Waals surface area contributed by atoms with Crippen molar-refractivity contribution in [1.29, 1.82) is 5.41 Å². The zero-order valence-corrected chi connectivity index (χ0v) is 15.6. The Morgan fingerprint density at radius 2 is 2.00 bits per heavy atom. The quantitative estimate of drug-likeness (QED) is 0.369. The minimum Gasteiger partial charge on any atom is -0.339 e. The van der Waals surface area contributed by atoms with Gasteiger partial charge in [0.2, 0.25) is 0 Å². The maximum absolute atomic E-state index is 13.3. The summed E-state index contributed by atoms with van der Waals surface area (Å²) in [6.45, 7) is 0.120. The molecule has 0 spiro atoms. The number of nitrogens with one attached hydrogen (secondary N) is 2. The highest BCUT2D eigenvalue weighted by Gasteiger charge is 2.18. The molecule has 4 aromatic rings. The van der Waals surface area contributed by atoms with Crippen LogP contribution < -0.4 is 5.32 Å². The van der Waals surface area contributed by atoms with Crippen molar-refractivity contribution in [3.63, 3.8) is 0 Å². The van der Waals surface area contributed by atoms with Gasteiger partial charge in [0.15, 0.2) is 17.4 Å². The predicted octanol–water partition coefficient (Wildman–Crippen LogP) is 2.93. The van der Waals surface area contributed by atoms with Gasteiger partial charge in [-0.1, -0.05) is 47.1 Å². The Morgan fingerprint density at radius 1 is 1.17 bits per heavy atom. The van der Waals surface area contributed by atoms with Gasteiger partial charge < -0.3 is 5.32 Å². The summed E-state index contributed by atoms with van der Waals surface area (Å²) in [7, 11) is 0. The van der Waals surface area contributed by atoms with E-state index in [9.17, 15) is 4.39 Å². The minimum absolute atomic E-state index is 0.0564. The number of hydrogen-bond donors (Lipinski definition) is 2. The molecule has 0 aliphatic rings. The summed E-state index contributed by atoms with van der Waals surface area (Å²) in [4.78, 5) is 1.35. The van der Waals surface area contributed by atoms with Crippen LogP contribution in [0.3, 0.4) is 0 Å². The lowest BCUT2D eigenvalue weighted by Crippen LogP contribution is -2.16. The molecule has 29 heavy (non-hydrogen) atoms. The summed E-state index contributed by atoms with van der Waals surface area (Å²) in [5.41, 5.74) is 2.02. The summed E-state index contributed by atoms with van der Waals surface area (Å²) >= 11 is 5.76. The molecule has 2 N–H and O–H groups in total. The molecule has 2 aromatic carbocycles. The van der Waals surface area contributed by atoms with Gasteiger partial charge in [-0.15, -0.1) is 10.2 Å². The fraction of sp³-hybridized carbons (Fsp3) is 0.111. The van der Waals surface area contributed by atoms with Gasteiger partial charge >= 0.3 is 0 Å². The van der Waals surface area contributed by atoms with Crippen molar-refractivity contribution in [2.45, 2.75) is 13.0 Å². The molecule has 0 aliphatic carbocycles. The van der Waals surface area contributed by atoms with Gasteiger partial charge in [0.25, 0.3) is 0 Å². The number of amidine groups is 1. The van der Waals surface area contributed by atoms with E-state index >= 15 is 0 Å². The third-order valence-corrected chi connectivity index (χ3v) is 4.26. The molecule has 2 aromatic heterocycles. The Kier molecular flexibility index (Phi) is 5.25. The Hall–Kier alpha value is -3.66. The first kappa shape index (κ1) is 18.7. The summed E-state index contributed by atoms with van der Waals surface area (Å²) in [5.74, 6) is -0.0759. The van der Waals surface area contributed by atoms with Crippen LogP contribution in [0.1, 0.15) is 22.8 Å². The monoisotopic (exact) mass is 412 g/mol. The molecule has 9 nitrogen and oxygen atoms in total. The third kappa shape index (κ3) is 4.43. The molecule has 0 radical (unpaired) electrons. The van der Waals surface area contributed by atoms with E-state index < -0.39 is 5.82 Å². The molecule has 0 atom stereocenters. The molecule has 11 heteroatoms. The van der Waals surface area contributed by atoms with Gasteiger partial charge in [-0.25, -0.2) is 9.02 Å². The third-order valence-electron chi connectivity index (χ3n) is 3.97. The Balaban J connectivity index is 1.45. The topological polar surface area (TPSA) is 118 Å². The molecule has 0 saturated carbocycles. The van der Waals surface area contributed by atoms with Crippen molar-refractivity contribution in [3.8, 4) is 0 Å². The Labute approximate surface area is 169 Å². The molecular weight excluding hydrogens is 399 g/mol. The van der Waals surface area contributed by atoms with Gasteiger partial charge in [-0.2, -0.15) is 4.80 Å². The average molecular weight is 413 g/mol. The van der Waals surface area contributed by atoms with E-state index in [0.717, 1.165) is 5.56 Å². The van der Waals surface area contributed by atoms with Crippen LogP contribution in [0.5, 0.6) is 0 Å². The van der Waals surface area contributed by atoms with E-state index in [4.69, 9.17) is 21.6 Å². The highest BCUT2D eigenvalue weighted by molar-refractivity contribution is 6.31. The first-order valence-corrected chi connectivity index (χ1v) is 8.89. The normalized spacial score (nSPS) is 10.8. The second-order valence-corrected chi connectivity index (χ2v) is 6.49. The van der Waals surface area contributed by atoms with E-state index in [1.807, 2.05) is 30.3 Å². The first-order valence-electron chi connectivity index (χ1n) is 8.51. The van der Waals surface area contributed by atoms with Crippen LogP contribution in [0.25, 0.3) is 0 Å². The van der Waals surface area contributed by atoms with E-state index in [1.165, 1.54) is 23.0 Å². The maximum atomic E-state index is 13.3. The van der Waals surface area contributed by atoms with Crippen LogP contribution in [0.2, 0.25) is 5.02 Å². The number of benzene rings is 2. The summed E-state index contributed by atoms with van der Waals surface area (Å²) in [6, 6.07) is 13.8. The summed E-state index contributed by atoms with van der Waals surface area (Å²) in [5, 5.41) is 30.9. The Bertz CT molecular complexity index is 1140. The second kappa shape index (κ2) is 8.15. The van der Waals surface area contributed by atoms with E-state index in [2.05, 4.69) is 31.0 Å². The fourth-order valence-electron chi connectivity index (χ4n) is 2.60. The van der Waals surface area contributed by atoms with E-state index in [-0.39, 0.29) is 23.1 Å². The highest BCUT2D eigenvalue weighted by atomic mass is 35.5. The summed E-state index contributed by atoms with van der Waals surface area (Å²) in [6.07, 6.45) is 0.549. The van der Waals surface area contributed by atoms with Crippen molar-refractivity contribution in [3.05, 3.63) is 82.1 Å². The second-order valence-electron chi connectivity index (χ2n) is 6.09. The van der Waals surface area contributed by atoms with Crippen LogP contribution >= 0.6 is 11.6 Å². The van der Waals surface area contributed by atoms with Crippen LogP contribution in [0.4, 0.5) is 10.1 Å². The first-order chi connectivity index (χ1) is 14.1. The SMILES string of the molecule is N=C(Nc1ccc(F)c(Cl)c1)c1nonc1Cn1nnc(Cc2ccccc2)n1. The molecule has 146 valence electrons. The van der Waals surface area contributed by atoms with Gasteiger partial charge in [0, 0.05) is 12.1 Å². The standard InChI is InChI=1S/C18H14ClFN8O/c19-13-9-12(6-7-14(13)20)22-18(21)17-15(25-29-26-17)10-28-24-16(23-27-28)8-11-4-2-1-3-5-11/h1-7,9H,8,10H2,(H2,21,22). The number of anilines is 1. The number of aromatic nitrogens is 6. The smallest absolute Gasteiger partial charge is 0.179 e. The minimum atomic E-state index is -0.545. The van der Waals surface area contributed by atoms with Crippen molar-refractivity contribution >= 4 is 23.1 Å². The van der Waals surface area contributed by atoms with Crippen LogP contribution in [-0.2, 0) is 13.0 Å². The predicted molar refractivity (Wildman–Crippen MR) is 102 cm³/mol. The van der Waals surface area contributed by atoms with Crippen molar-refractivity contribution in [2.75, 3.05) is 5.32 Å². The van der Waals surface area contributed by atoms with E-state index in [0.29, 0.717) is 23.6 Å². The molecule has 0 amide bonds. The molecule has 0 aliphatic heterocycles. The molecular formula is C18H14ClFN8O. The molecule has 0 bridgehead atoms. The zero-order chi connectivity index (χ0) is 20.2. The largest absolute Gasteiger partial charge is 0.339 e. The van der Waals surface area contributed by atoms with Gasteiger partial charge in [-0.3, -0.25) is 5.41 Å². The number of halogens is 2. The number of rotatable bonds is 6. The van der Waals surface area contributed by atoms with Crippen molar-refractivity contribution in [2.24, 2.45) is 0 Å². The Morgan fingerprint density at radius 3 is 2.79 bits per heavy atom. The number of nitrogens with zero attached hydrogens (tertiary/aromatic N) is 6. The average Bonchev–Trinajstić information content (AvgIpc) is 3.35. The lowest BCUT2D eigenvalue weighted by Gasteiger charge is -2.07. The van der Waals surface area contributed by atoms with Gasteiger partial charge in [0.1, 0.15) is 18.1 Å². The lowest BCUT2D eigenvalue weighted by atomic mass is 10.1. The molecule has 2 heterocycles. The molecule has 0 fully saturated rings. The molecule has 4 rings (SSSR count). The lowest BCUT2D eigenvalue weighted by molar-refractivity contribution is 0.301. The van der Waals surface area contributed by atoms with Crippen LogP contribution in [0, 0.1) is 11.2 Å².